The molecule has 1 fully saturated rings. The van der Waals surface area contributed by atoms with Crippen LogP contribution >= 0.6 is 0 Å². The average Bonchev–Trinajstić information content (AvgIpc) is 2.88. The number of amides is 2. The van der Waals surface area contributed by atoms with Crippen molar-refractivity contribution in [3.05, 3.63) is 59.7 Å². The van der Waals surface area contributed by atoms with Gasteiger partial charge in [-0.1, -0.05) is 36.4 Å². The number of ether oxygens (including phenoxy) is 3. The Kier molecular flexibility index (Phi) is 8.90. The van der Waals surface area contributed by atoms with Gasteiger partial charge in [-0.3, -0.25) is 14.4 Å². The van der Waals surface area contributed by atoms with Gasteiger partial charge in [-0.25, -0.2) is 0 Å². The van der Waals surface area contributed by atoms with Crippen LogP contribution in [0.4, 0.5) is 0 Å². The quantitative estimate of drug-likeness (QED) is 0.569. The number of hydrogen-bond donors (Lipinski definition) is 1. The lowest BCUT2D eigenvalue weighted by molar-refractivity contribution is -0.141. The van der Waals surface area contributed by atoms with Crippen molar-refractivity contribution in [1.29, 1.82) is 0 Å². The number of carbonyl (C=O) groups excluding carboxylic acids is 3. The maximum atomic E-state index is 13.2. The third-order valence-corrected chi connectivity index (χ3v) is 6.07. The monoisotopic (exact) mass is 468 g/mol. The van der Waals surface area contributed by atoms with Crippen LogP contribution in [0.1, 0.15) is 36.4 Å². The summed E-state index contributed by atoms with van der Waals surface area (Å²) in [6, 6.07) is 14.2. The highest BCUT2D eigenvalue weighted by Gasteiger charge is 2.30. The molecule has 1 heterocycles. The number of rotatable bonds is 9. The normalized spacial score (nSPS) is 16.3. The first-order chi connectivity index (χ1) is 16.4. The van der Waals surface area contributed by atoms with Crippen molar-refractivity contribution in [1.82, 2.24) is 10.2 Å². The zero-order chi connectivity index (χ0) is 24.5. The third kappa shape index (κ3) is 6.50. The average molecular weight is 469 g/mol. The fourth-order valence-electron chi connectivity index (χ4n) is 4.16. The van der Waals surface area contributed by atoms with E-state index in [0.29, 0.717) is 43.0 Å². The van der Waals surface area contributed by atoms with Crippen molar-refractivity contribution < 1.29 is 28.6 Å². The van der Waals surface area contributed by atoms with Gasteiger partial charge in [-0.15, -0.1) is 0 Å². The fraction of sp³-hybridized carbons (Fsp3) is 0.423. The summed E-state index contributed by atoms with van der Waals surface area (Å²) in [4.78, 5) is 39.8. The number of benzene rings is 2. The summed E-state index contributed by atoms with van der Waals surface area (Å²) in [5, 5.41) is 2.99. The van der Waals surface area contributed by atoms with Gasteiger partial charge in [-0.05, 0) is 36.1 Å². The molecule has 0 radical (unpaired) electrons. The molecule has 2 unspecified atom stereocenters. The van der Waals surface area contributed by atoms with Crippen LogP contribution in [0.3, 0.4) is 0 Å². The molecular weight excluding hydrogens is 436 g/mol. The fourth-order valence-corrected chi connectivity index (χ4v) is 4.16. The van der Waals surface area contributed by atoms with Gasteiger partial charge in [0.15, 0.2) is 11.5 Å². The van der Waals surface area contributed by atoms with Gasteiger partial charge in [0.1, 0.15) is 0 Å². The predicted molar refractivity (Wildman–Crippen MR) is 127 cm³/mol. The molecule has 0 aliphatic carbocycles. The standard InChI is InChI=1S/C26H32N2O6/c1-32-22-12-11-19(15-23(22)33-2)21(16-25(30)34-3)27-26(31)20-10-7-13-28(17-20)24(29)14-18-8-5-4-6-9-18/h4-6,8-9,11-12,15,20-21H,7,10,13-14,16-17H2,1-3H3,(H,27,31). The zero-order valence-corrected chi connectivity index (χ0v) is 19.9. The topological polar surface area (TPSA) is 94.2 Å². The third-order valence-electron chi connectivity index (χ3n) is 6.07. The minimum Gasteiger partial charge on any atom is -0.493 e. The Morgan fingerprint density at radius 1 is 1.03 bits per heavy atom. The second-order valence-electron chi connectivity index (χ2n) is 8.30. The molecule has 34 heavy (non-hydrogen) atoms. The van der Waals surface area contributed by atoms with Crippen LogP contribution in [-0.4, -0.2) is 57.1 Å². The summed E-state index contributed by atoms with van der Waals surface area (Å²) < 4.78 is 15.5. The molecule has 0 aromatic heterocycles. The molecule has 1 saturated heterocycles. The molecule has 1 aliphatic heterocycles. The van der Waals surface area contributed by atoms with Crippen molar-refractivity contribution in [2.24, 2.45) is 5.92 Å². The van der Waals surface area contributed by atoms with Gasteiger partial charge >= 0.3 is 5.97 Å². The van der Waals surface area contributed by atoms with E-state index in [2.05, 4.69) is 5.32 Å². The Hall–Kier alpha value is -3.55. The van der Waals surface area contributed by atoms with Crippen molar-refractivity contribution in [3.63, 3.8) is 0 Å². The highest BCUT2D eigenvalue weighted by molar-refractivity contribution is 5.83. The number of esters is 1. The second kappa shape index (κ2) is 12.1. The number of hydrogen-bond acceptors (Lipinski definition) is 6. The molecule has 1 aliphatic rings. The number of piperidine rings is 1. The minimum absolute atomic E-state index is 0.00898. The van der Waals surface area contributed by atoms with E-state index in [1.165, 1.54) is 14.2 Å². The zero-order valence-electron chi connectivity index (χ0n) is 19.9. The van der Waals surface area contributed by atoms with Gasteiger partial charge in [0.2, 0.25) is 11.8 Å². The first-order valence-corrected chi connectivity index (χ1v) is 11.4. The van der Waals surface area contributed by atoms with Crippen LogP contribution in [0.25, 0.3) is 0 Å². The van der Waals surface area contributed by atoms with E-state index in [0.717, 1.165) is 12.0 Å². The molecule has 0 bridgehead atoms. The summed E-state index contributed by atoms with van der Waals surface area (Å²) in [6.45, 7) is 0.991. The molecule has 0 spiro atoms. The Balaban J connectivity index is 1.70. The first-order valence-electron chi connectivity index (χ1n) is 11.4. The summed E-state index contributed by atoms with van der Waals surface area (Å²) in [7, 11) is 4.38. The number of likely N-dealkylation sites (tertiary alicyclic amines) is 1. The van der Waals surface area contributed by atoms with Crippen LogP contribution in [-0.2, 0) is 25.5 Å². The molecule has 0 saturated carbocycles. The van der Waals surface area contributed by atoms with E-state index in [-0.39, 0.29) is 24.2 Å². The summed E-state index contributed by atoms with van der Waals surface area (Å²) in [5.74, 6) is 0.0708. The van der Waals surface area contributed by atoms with E-state index < -0.39 is 12.0 Å². The number of nitrogens with one attached hydrogen (secondary N) is 1. The summed E-state index contributed by atoms with van der Waals surface area (Å²) in [5.41, 5.74) is 1.65. The Labute approximate surface area is 200 Å². The van der Waals surface area contributed by atoms with Crippen LogP contribution in [0, 0.1) is 5.92 Å². The van der Waals surface area contributed by atoms with Gasteiger partial charge in [-0.2, -0.15) is 0 Å². The Bertz CT molecular complexity index is 994. The van der Waals surface area contributed by atoms with Crippen molar-refractivity contribution in [2.75, 3.05) is 34.4 Å². The highest BCUT2D eigenvalue weighted by atomic mass is 16.5. The number of methoxy groups -OCH3 is 3. The second-order valence-corrected chi connectivity index (χ2v) is 8.30. The van der Waals surface area contributed by atoms with Gasteiger partial charge < -0.3 is 24.4 Å². The van der Waals surface area contributed by atoms with E-state index in [4.69, 9.17) is 14.2 Å². The lowest BCUT2D eigenvalue weighted by Gasteiger charge is -2.33. The van der Waals surface area contributed by atoms with E-state index >= 15 is 0 Å². The Morgan fingerprint density at radius 2 is 1.76 bits per heavy atom. The number of carbonyl (C=O) groups is 3. The molecular formula is C26H32N2O6. The molecule has 2 aromatic carbocycles. The van der Waals surface area contributed by atoms with Gasteiger partial charge in [0.25, 0.3) is 0 Å². The largest absolute Gasteiger partial charge is 0.493 e. The molecule has 3 rings (SSSR count). The van der Waals surface area contributed by atoms with Crippen LogP contribution in [0.2, 0.25) is 0 Å². The number of nitrogens with zero attached hydrogens (tertiary/aromatic N) is 1. The summed E-state index contributed by atoms with van der Waals surface area (Å²) in [6.07, 6.45) is 1.71. The van der Waals surface area contributed by atoms with E-state index in [1.54, 1.807) is 30.2 Å². The van der Waals surface area contributed by atoms with Gasteiger partial charge in [0.05, 0.1) is 46.1 Å². The van der Waals surface area contributed by atoms with Crippen molar-refractivity contribution in [3.8, 4) is 11.5 Å². The maximum absolute atomic E-state index is 13.2. The smallest absolute Gasteiger partial charge is 0.307 e. The molecule has 182 valence electrons. The van der Waals surface area contributed by atoms with Crippen LogP contribution in [0.5, 0.6) is 11.5 Å². The summed E-state index contributed by atoms with van der Waals surface area (Å²) >= 11 is 0. The minimum atomic E-state index is -0.602. The Morgan fingerprint density at radius 3 is 2.44 bits per heavy atom. The van der Waals surface area contributed by atoms with Gasteiger partial charge in [0, 0.05) is 13.1 Å². The first kappa shape index (κ1) is 25.1. The highest BCUT2D eigenvalue weighted by Crippen LogP contribution is 2.31. The SMILES string of the molecule is COC(=O)CC(NC(=O)C1CCCN(C(=O)Cc2ccccc2)C1)c1ccc(OC)c(OC)c1. The lowest BCUT2D eigenvalue weighted by Crippen LogP contribution is -2.46. The molecule has 2 atom stereocenters. The maximum Gasteiger partial charge on any atom is 0.307 e. The van der Waals surface area contributed by atoms with E-state index in [1.807, 2.05) is 30.3 Å². The van der Waals surface area contributed by atoms with E-state index in [9.17, 15) is 14.4 Å². The van der Waals surface area contributed by atoms with Crippen LogP contribution in [0.15, 0.2) is 48.5 Å². The molecule has 2 aromatic rings. The molecule has 1 N–H and O–H groups in total. The molecule has 8 nitrogen and oxygen atoms in total. The van der Waals surface area contributed by atoms with Crippen molar-refractivity contribution in [2.45, 2.75) is 31.7 Å². The van der Waals surface area contributed by atoms with Crippen molar-refractivity contribution >= 4 is 17.8 Å². The lowest BCUT2D eigenvalue weighted by atomic mass is 9.95. The predicted octanol–water partition coefficient (Wildman–Crippen LogP) is 2.91. The molecule has 8 heteroatoms. The molecule has 2 amide bonds. The van der Waals surface area contributed by atoms with Crippen LogP contribution < -0.4 is 14.8 Å².